The Bertz CT molecular complexity index is 843. The molecule has 2 aliphatic heterocycles. The van der Waals surface area contributed by atoms with Crippen molar-refractivity contribution >= 4 is 17.3 Å². The van der Waals surface area contributed by atoms with Crippen molar-refractivity contribution in [3.8, 4) is 0 Å². The van der Waals surface area contributed by atoms with Crippen molar-refractivity contribution in [2.75, 3.05) is 36.5 Å². The van der Waals surface area contributed by atoms with Gasteiger partial charge in [0, 0.05) is 43.5 Å². The Hall–Kier alpha value is -2.39. The average molecular weight is 394 g/mol. The van der Waals surface area contributed by atoms with Gasteiger partial charge in [-0.1, -0.05) is 6.07 Å². The number of piperidine rings is 1. The highest BCUT2D eigenvalue weighted by Crippen LogP contribution is 2.35. The quantitative estimate of drug-likeness (QED) is 0.852. The van der Waals surface area contributed by atoms with Gasteiger partial charge in [-0.05, 0) is 30.7 Å². The number of anilines is 3. The number of benzene rings is 1. The van der Waals surface area contributed by atoms with E-state index in [0.717, 1.165) is 49.4 Å². The molecule has 0 atom stereocenters. The minimum Gasteiger partial charge on any atom is -0.371 e. The van der Waals surface area contributed by atoms with Gasteiger partial charge in [0.05, 0.1) is 13.2 Å². The van der Waals surface area contributed by atoms with Crippen molar-refractivity contribution in [2.24, 2.45) is 0 Å². The lowest BCUT2D eigenvalue weighted by molar-refractivity contribution is -0.169. The molecule has 2 fully saturated rings. The monoisotopic (exact) mass is 394 g/mol. The van der Waals surface area contributed by atoms with Crippen LogP contribution < -0.4 is 10.2 Å². The molecule has 1 spiro atoms. The molecule has 150 valence electrons. The van der Waals surface area contributed by atoms with Crippen molar-refractivity contribution in [2.45, 2.75) is 31.7 Å². The van der Waals surface area contributed by atoms with Gasteiger partial charge in [-0.3, -0.25) is 0 Å². The predicted octanol–water partition coefficient (Wildman–Crippen LogP) is 3.89. The van der Waals surface area contributed by atoms with Gasteiger partial charge in [-0.15, -0.1) is 0 Å². The lowest BCUT2D eigenvalue weighted by Crippen LogP contribution is -2.45. The summed E-state index contributed by atoms with van der Waals surface area (Å²) in [5.74, 6) is -0.540. The molecule has 0 amide bonds. The van der Waals surface area contributed by atoms with Crippen molar-refractivity contribution in [3.63, 3.8) is 0 Å². The fourth-order valence-electron chi connectivity index (χ4n) is 3.61. The molecular formula is C19H21F3N4O2. The van der Waals surface area contributed by atoms with Crippen LogP contribution in [0.5, 0.6) is 0 Å². The third-order valence-corrected chi connectivity index (χ3v) is 5.09. The third kappa shape index (κ3) is 3.90. The van der Waals surface area contributed by atoms with Gasteiger partial charge in [0.15, 0.2) is 5.79 Å². The van der Waals surface area contributed by atoms with Crippen LogP contribution in [0.1, 0.15) is 24.1 Å². The first-order chi connectivity index (χ1) is 13.3. The predicted molar refractivity (Wildman–Crippen MR) is 97.6 cm³/mol. The maximum Gasteiger partial charge on any atom is 0.433 e. The molecule has 2 aliphatic rings. The zero-order chi connectivity index (χ0) is 19.8. The van der Waals surface area contributed by atoms with Gasteiger partial charge >= 0.3 is 6.18 Å². The van der Waals surface area contributed by atoms with Crippen LogP contribution in [0.15, 0.2) is 30.5 Å². The van der Waals surface area contributed by atoms with Crippen molar-refractivity contribution in [1.29, 1.82) is 0 Å². The molecule has 2 aromatic rings. The topological polar surface area (TPSA) is 59.5 Å². The van der Waals surface area contributed by atoms with E-state index in [1.54, 1.807) is 6.07 Å². The van der Waals surface area contributed by atoms with Crippen LogP contribution >= 0.6 is 0 Å². The second-order valence-corrected chi connectivity index (χ2v) is 6.98. The maximum absolute atomic E-state index is 12.8. The number of halogens is 3. The van der Waals surface area contributed by atoms with E-state index in [1.807, 2.05) is 19.1 Å². The number of ether oxygens (including phenoxy) is 2. The molecule has 1 aromatic carbocycles. The zero-order valence-electron chi connectivity index (χ0n) is 15.4. The molecule has 0 radical (unpaired) electrons. The first-order valence-electron chi connectivity index (χ1n) is 9.15. The number of hydrogen-bond donors (Lipinski definition) is 1. The fourth-order valence-corrected chi connectivity index (χ4v) is 3.61. The zero-order valence-corrected chi connectivity index (χ0v) is 15.4. The van der Waals surface area contributed by atoms with E-state index in [9.17, 15) is 13.2 Å². The number of alkyl halides is 3. The molecule has 9 heteroatoms. The Morgan fingerprint density at radius 2 is 1.82 bits per heavy atom. The van der Waals surface area contributed by atoms with Gasteiger partial charge in [-0.2, -0.15) is 13.2 Å². The molecule has 2 saturated heterocycles. The van der Waals surface area contributed by atoms with Gasteiger partial charge < -0.3 is 19.7 Å². The molecule has 28 heavy (non-hydrogen) atoms. The summed E-state index contributed by atoms with van der Waals surface area (Å²) < 4.78 is 50.1. The standard InChI is InChI=1S/C19H21F3N4O2/c1-13-2-3-14(24-17-23-7-4-16(25-17)19(20,21)22)12-15(13)26-8-5-18(6-9-26)27-10-11-28-18/h2-4,7,12H,5-6,8-11H2,1H3,(H,23,24,25). The van der Waals surface area contributed by atoms with E-state index in [0.29, 0.717) is 18.9 Å². The minimum absolute atomic E-state index is 0.0880. The summed E-state index contributed by atoms with van der Waals surface area (Å²) in [7, 11) is 0. The molecule has 0 bridgehead atoms. The molecule has 0 aliphatic carbocycles. The number of aryl methyl sites for hydroxylation is 1. The van der Waals surface area contributed by atoms with E-state index >= 15 is 0 Å². The highest BCUT2D eigenvalue weighted by molar-refractivity contribution is 5.65. The summed E-state index contributed by atoms with van der Waals surface area (Å²) in [6.07, 6.45) is -1.85. The van der Waals surface area contributed by atoms with Crippen LogP contribution in [0, 0.1) is 6.92 Å². The summed E-state index contributed by atoms with van der Waals surface area (Å²) in [5.41, 5.74) is 1.76. The third-order valence-electron chi connectivity index (χ3n) is 5.09. The number of hydrogen-bond acceptors (Lipinski definition) is 6. The lowest BCUT2D eigenvalue weighted by Gasteiger charge is -2.39. The molecule has 1 N–H and O–H groups in total. The van der Waals surface area contributed by atoms with E-state index in [4.69, 9.17) is 9.47 Å². The van der Waals surface area contributed by atoms with E-state index in [2.05, 4.69) is 20.2 Å². The summed E-state index contributed by atoms with van der Waals surface area (Å²) in [6.45, 7) is 4.84. The molecule has 0 unspecified atom stereocenters. The van der Waals surface area contributed by atoms with E-state index in [-0.39, 0.29) is 5.95 Å². The summed E-state index contributed by atoms with van der Waals surface area (Å²) in [6, 6.07) is 6.49. The van der Waals surface area contributed by atoms with Crippen LogP contribution in [-0.4, -0.2) is 42.1 Å². The smallest absolute Gasteiger partial charge is 0.371 e. The number of aromatic nitrogens is 2. The van der Waals surface area contributed by atoms with Crippen LogP contribution in [0.25, 0.3) is 0 Å². The SMILES string of the molecule is Cc1ccc(Nc2nccc(C(F)(F)F)n2)cc1N1CCC2(CC1)OCCO2. The summed E-state index contributed by atoms with van der Waals surface area (Å²) in [4.78, 5) is 9.69. The average Bonchev–Trinajstić information content (AvgIpc) is 3.12. The number of nitrogens with one attached hydrogen (secondary N) is 1. The molecule has 6 nitrogen and oxygen atoms in total. The normalized spacial score (nSPS) is 19.2. The molecule has 4 rings (SSSR count). The summed E-state index contributed by atoms with van der Waals surface area (Å²) in [5, 5.41) is 2.87. The van der Waals surface area contributed by atoms with Crippen molar-refractivity contribution in [3.05, 3.63) is 41.7 Å². The molecule has 1 aromatic heterocycles. The Labute approximate surface area is 160 Å². The van der Waals surface area contributed by atoms with Crippen LogP contribution in [-0.2, 0) is 15.7 Å². The Balaban J connectivity index is 1.50. The highest BCUT2D eigenvalue weighted by atomic mass is 19.4. The Kier molecular flexibility index (Phi) is 4.88. The van der Waals surface area contributed by atoms with Crippen molar-refractivity contribution < 1.29 is 22.6 Å². The highest BCUT2D eigenvalue weighted by Gasteiger charge is 2.40. The number of nitrogens with zero attached hydrogens (tertiary/aromatic N) is 3. The maximum atomic E-state index is 12.8. The first kappa shape index (κ1) is 18.9. The van der Waals surface area contributed by atoms with Crippen molar-refractivity contribution in [1.82, 2.24) is 9.97 Å². The van der Waals surface area contributed by atoms with E-state index < -0.39 is 17.7 Å². The minimum atomic E-state index is -4.51. The molecular weight excluding hydrogens is 373 g/mol. The van der Waals surface area contributed by atoms with Gasteiger partial charge in [-0.25, -0.2) is 9.97 Å². The van der Waals surface area contributed by atoms with Gasteiger partial charge in [0.1, 0.15) is 5.69 Å². The first-order valence-corrected chi connectivity index (χ1v) is 9.15. The van der Waals surface area contributed by atoms with Crippen LogP contribution in [0.3, 0.4) is 0 Å². The van der Waals surface area contributed by atoms with Gasteiger partial charge in [0.25, 0.3) is 0 Å². The van der Waals surface area contributed by atoms with Gasteiger partial charge in [0.2, 0.25) is 5.95 Å². The fraction of sp³-hybridized carbons (Fsp3) is 0.474. The molecule has 0 saturated carbocycles. The Morgan fingerprint density at radius 3 is 2.50 bits per heavy atom. The Morgan fingerprint density at radius 1 is 1.11 bits per heavy atom. The summed E-state index contributed by atoms with van der Waals surface area (Å²) >= 11 is 0. The second kappa shape index (κ2) is 7.21. The second-order valence-electron chi connectivity index (χ2n) is 6.98. The number of rotatable bonds is 3. The van der Waals surface area contributed by atoms with Crippen LogP contribution in [0.2, 0.25) is 0 Å². The van der Waals surface area contributed by atoms with Crippen LogP contribution in [0.4, 0.5) is 30.5 Å². The van der Waals surface area contributed by atoms with E-state index in [1.165, 1.54) is 0 Å². The largest absolute Gasteiger partial charge is 0.433 e. The lowest BCUT2D eigenvalue weighted by atomic mass is 10.0. The molecule has 3 heterocycles.